The van der Waals surface area contributed by atoms with Crippen molar-refractivity contribution >= 4 is 20.9 Å². The molecule has 0 saturated heterocycles. The SMILES string of the molecule is COc1cc(OC)c2c(CCN)cn(S(=O)(=O)c3ccc(C)cc3)c2c1OC. The maximum Gasteiger partial charge on any atom is 0.268 e. The van der Waals surface area contributed by atoms with Crippen LogP contribution in [0.3, 0.4) is 0 Å². The van der Waals surface area contributed by atoms with Crippen molar-refractivity contribution in [3.05, 3.63) is 47.7 Å². The zero-order valence-corrected chi connectivity index (χ0v) is 17.2. The molecule has 0 spiro atoms. The number of methoxy groups -OCH3 is 3. The van der Waals surface area contributed by atoms with E-state index in [2.05, 4.69) is 0 Å². The normalized spacial score (nSPS) is 11.6. The van der Waals surface area contributed by atoms with Gasteiger partial charge < -0.3 is 19.9 Å². The minimum absolute atomic E-state index is 0.179. The fraction of sp³-hybridized carbons (Fsp3) is 0.300. The van der Waals surface area contributed by atoms with Crippen molar-refractivity contribution in [2.24, 2.45) is 5.73 Å². The Balaban J connectivity index is 2.44. The van der Waals surface area contributed by atoms with E-state index in [1.807, 2.05) is 6.92 Å². The van der Waals surface area contributed by atoms with Crippen LogP contribution in [0, 0.1) is 6.92 Å². The van der Waals surface area contributed by atoms with Crippen molar-refractivity contribution in [2.45, 2.75) is 18.2 Å². The first-order valence-corrected chi connectivity index (χ1v) is 10.2. The molecule has 150 valence electrons. The molecule has 7 nitrogen and oxygen atoms in total. The molecule has 1 heterocycles. The van der Waals surface area contributed by atoms with Gasteiger partial charge in [-0.2, -0.15) is 0 Å². The van der Waals surface area contributed by atoms with Crippen molar-refractivity contribution in [3.8, 4) is 17.2 Å². The second kappa shape index (κ2) is 7.73. The highest BCUT2D eigenvalue weighted by Gasteiger charge is 2.27. The first-order valence-electron chi connectivity index (χ1n) is 8.74. The molecule has 0 aliphatic heterocycles. The van der Waals surface area contributed by atoms with Crippen molar-refractivity contribution in [3.63, 3.8) is 0 Å². The predicted molar refractivity (Wildman–Crippen MR) is 108 cm³/mol. The molecule has 0 saturated carbocycles. The monoisotopic (exact) mass is 404 g/mol. The van der Waals surface area contributed by atoms with Crippen LogP contribution in [0.15, 0.2) is 41.4 Å². The van der Waals surface area contributed by atoms with Gasteiger partial charge in [0.25, 0.3) is 10.0 Å². The van der Waals surface area contributed by atoms with Crippen molar-refractivity contribution < 1.29 is 22.6 Å². The zero-order valence-electron chi connectivity index (χ0n) is 16.4. The van der Waals surface area contributed by atoms with Gasteiger partial charge in [0.2, 0.25) is 0 Å². The average molecular weight is 404 g/mol. The number of nitrogens with zero attached hydrogens (tertiary/aromatic N) is 1. The third kappa shape index (κ3) is 3.18. The van der Waals surface area contributed by atoms with Gasteiger partial charge in [0.15, 0.2) is 11.5 Å². The standard InChI is InChI=1S/C20H24N2O5S/c1-13-5-7-15(8-6-13)28(23,24)22-12-14(9-10-21)18-16(25-2)11-17(26-3)20(27-4)19(18)22/h5-8,11-12H,9-10,21H2,1-4H3. The van der Waals surface area contributed by atoms with Crippen LogP contribution in [-0.4, -0.2) is 40.3 Å². The number of ether oxygens (including phenoxy) is 3. The molecule has 28 heavy (non-hydrogen) atoms. The van der Waals surface area contributed by atoms with E-state index in [0.717, 1.165) is 11.1 Å². The molecule has 0 amide bonds. The Morgan fingerprint density at radius 2 is 1.64 bits per heavy atom. The van der Waals surface area contributed by atoms with E-state index in [0.29, 0.717) is 41.1 Å². The number of aryl methyl sites for hydroxylation is 1. The summed E-state index contributed by atoms with van der Waals surface area (Å²) >= 11 is 0. The summed E-state index contributed by atoms with van der Waals surface area (Å²) in [5, 5.41) is 0.640. The number of aromatic nitrogens is 1. The Morgan fingerprint density at radius 1 is 1.00 bits per heavy atom. The quantitative estimate of drug-likeness (QED) is 0.651. The molecule has 0 bridgehead atoms. The summed E-state index contributed by atoms with van der Waals surface area (Å²) in [6.07, 6.45) is 2.07. The molecule has 0 unspecified atom stereocenters. The molecule has 0 fully saturated rings. The molecule has 8 heteroatoms. The lowest BCUT2D eigenvalue weighted by Gasteiger charge is -2.15. The molecule has 2 aromatic carbocycles. The van der Waals surface area contributed by atoms with Gasteiger partial charge in [-0.1, -0.05) is 17.7 Å². The van der Waals surface area contributed by atoms with Crippen LogP contribution in [0.5, 0.6) is 17.2 Å². The van der Waals surface area contributed by atoms with Crippen LogP contribution >= 0.6 is 0 Å². The number of rotatable bonds is 7. The number of nitrogens with two attached hydrogens (primary N) is 1. The molecule has 0 radical (unpaired) electrons. The van der Waals surface area contributed by atoms with Crippen LogP contribution in [0.1, 0.15) is 11.1 Å². The second-order valence-electron chi connectivity index (χ2n) is 6.34. The van der Waals surface area contributed by atoms with E-state index in [9.17, 15) is 8.42 Å². The van der Waals surface area contributed by atoms with Crippen LogP contribution in [0.2, 0.25) is 0 Å². The Labute approximate surface area is 164 Å². The molecule has 0 atom stereocenters. The van der Waals surface area contributed by atoms with Crippen molar-refractivity contribution in [1.82, 2.24) is 3.97 Å². The molecule has 0 aliphatic rings. The highest BCUT2D eigenvalue weighted by molar-refractivity contribution is 7.90. The van der Waals surface area contributed by atoms with Crippen molar-refractivity contribution in [1.29, 1.82) is 0 Å². The van der Waals surface area contributed by atoms with E-state index >= 15 is 0 Å². The topological polar surface area (TPSA) is 92.8 Å². The summed E-state index contributed by atoms with van der Waals surface area (Å²) < 4.78 is 44.6. The number of hydrogen-bond acceptors (Lipinski definition) is 6. The Hall–Kier alpha value is -2.71. The van der Waals surface area contributed by atoms with Crippen LogP contribution < -0.4 is 19.9 Å². The fourth-order valence-electron chi connectivity index (χ4n) is 3.26. The number of fused-ring (bicyclic) bond motifs is 1. The second-order valence-corrected chi connectivity index (χ2v) is 8.16. The molecule has 0 aliphatic carbocycles. The van der Waals surface area contributed by atoms with Gasteiger partial charge in [-0.3, -0.25) is 0 Å². The summed E-state index contributed by atoms with van der Waals surface area (Å²) in [5.41, 5.74) is 7.85. The Morgan fingerprint density at radius 3 is 2.18 bits per heavy atom. The van der Waals surface area contributed by atoms with E-state index in [1.165, 1.54) is 25.3 Å². The van der Waals surface area contributed by atoms with E-state index < -0.39 is 10.0 Å². The third-order valence-electron chi connectivity index (χ3n) is 4.63. The number of hydrogen-bond donors (Lipinski definition) is 1. The molecule has 3 aromatic rings. The van der Waals surface area contributed by atoms with Gasteiger partial charge in [0, 0.05) is 12.3 Å². The molecule has 3 rings (SSSR count). The maximum atomic E-state index is 13.4. The van der Waals surface area contributed by atoms with Gasteiger partial charge in [-0.05, 0) is 37.6 Å². The lowest BCUT2D eigenvalue weighted by atomic mass is 10.1. The van der Waals surface area contributed by atoms with Gasteiger partial charge in [-0.25, -0.2) is 12.4 Å². The smallest absolute Gasteiger partial charge is 0.268 e. The van der Waals surface area contributed by atoms with Crippen LogP contribution in [0.4, 0.5) is 0 Å². The fourth-order valence-corrected chi connectivity index (χ4v) is 4.65. The molecule has 2 N–H and O–H groups in total. The van der Waals surface area contributed by atoms with E-state index in [4.69, 9.17) is 19.9 Å². The minimum atomic E-state index is -3.88. The van der Waals surface area contributed by atoms with Gasteiger partial charge in [0.1, 0.15) is 11.3 Å². The summed E-state index contributed by atoms with van der Waals surface area (Å²) in [4.78, 5) is 0.179. The summed E-state index contributed by atoms with van der Waals surface area (Å²) in [5.74, 6) is 1.19. The van der Waals surface area contributed by atoms with E-state index in [-0.39, 0.29) is 4.90 Å². The lowest BCUT2D eigenvalue weighted by Crippen LogP contribution is -2.12. The minimum Gasteiger partial charge on any atom is -0.496 e. The highest BCUT2D eigenvalue weighted by atomic mass is 32.2. The average Bonchev–Trinajstić information content (AvgIpc) is 3.07. The summed E-state index contributed by atoms with van der Waals surface area (Å²) in [7, 11) is 0.615. The third-order valence-corrected chi connectivity index (χ3v) is 6.31. The van der Waals surface area contributed by atoms with Gasteiger partial charge in [-0.15, -0.1) is 0 Å². The summed E-state index contributed by atoms with van der Waals surface area (Å²) in [6.45, 7) is 2.26. The molecule has 1 aromatic heterocycles. The van der Waals surface area contributed by atoms with Gasteiger partial charge >= 0.3 is 0 Å². The largest absolute Gasteiger partial charge is 0.496 e. The Kier molecular flexibility index (Phi) is 5.53. The molecular formula is C20H24N2O5S. The number of benzene rings is 2. The van der Waals surface area contributed by atoms with Crippen LogP contribution in [-0.2, 0) is 16.4 Å². The first kappa shape index (κ1) is 20.0. The zero-order chi connectivity index (χ0) is 20.5. The lowest BCUT2D eigenvalue weighted by molar-refractivity contribution is 0.353. The van der Waals surface area contributed by atoms with Gasteiger partial charge in [0.05, 0.1) is 31.6 Å². The molecular weight excluding hydrogens is 380 g/mol. The van der Waals surface area contributed by atoms with Crippen molar-refractivity contribution in [2.75, 3.05) is 27.9 Å². The van der Waals surface area contributed by atoms with Crippen LogP contribution in [0.25, 0.3) is 10.9 Å². The highest BCUT2D eigenvalue weighted by Crippen LogP contribution is 2.44. The maximum absolute atomic E-state index is 13.4. The first-order chi connectivity index (χ1) is 13.4. The predicted octanol–water partition coefficient (Wildman–Crippen LogP) is 2.71. The Bertz CT molecular complexity index is 1100. The summed E-state index contributed by atoms with van der Waals surface area (Å²) in [6, 6.07) is 8.38. The van der Waals surface area contributed by atoms with E-state index in [1.54, 1.807) is 36.5 Å².